The van der Waals surface area contributed by atoms with E-state index in [0.717, 1.165) is 0 Å². The Kier molecular flexibility index (Phi) is 2.85. The molecule has 2 N–H and O–H groups in total. The van der Waals surface area contributed by atoms with E-state index in [9.17, 15) is 9.59 Å². The third-order valence-corrected chi connectivity index (χ3v) is 1.84. The second-order valence-corrected chi connectivity index (χ2v) is 2.71. The molecule has 0 bridgehead atoms. The Hall–Kier alpha value is -1.85. The van der Waals surface area contributed by atoms with Gasteiger partial charge in [-0.1, -0.05) is 6.08 Å². The quantitative estimate of drug-likeness (QED) is 0.482. The third kappa shape index (κ3) is 1.59. The van der Waals surface area contributed by atoms with Gasteiger partial charge >= 0.3 is 12.0 Å². The molecule has 1 atom stereocenters. The molecule has 1 unspecified atom stereocenters. The average Bonchev–Trinajstić information content (AvgIpc) is 2.42. The maximum atomic E-state index is 11.2. The first-order chi connectivity index (χ1) is 6.61. The summed E-state index contributed by atoms with van der Waals surface area (Å²) < 4.78 is 4.48. The van der Waals surface area contributed by atoms with E-state index in [2.05, 4.69) is 16.6 Å². The summed E-state index contributed by atoms with van der Waals surface area (Å²) in [6.07, 6.45) is 1.48. The Balaban J connectivity index is 2.88. The van der Waals surface area contributed by atoms with Crippen molar-refractivity contribution in [1.82, 2.24) is 10.2 Å². The molecule has 0 radical (unpaired) electrons. The Labute approximate surface area is 81.0 Å². The number of amides is 2. The molecule has 1 rings (SSSR count). The minimum absolute atomic E-state index is 0.163. The van der Waals surface area contributed by atoms with Gasteiger partial charge in [-0.15, -0.1) is 6.58 Å². The predicted molar refractivity (Wildman–Crippen MR) is 49.0 cm³/mol. The number of ether oxygens (including phenoxy) is 1. The summed E-state index contributed by atoms with van der Waals surface area (Å²) in [7, 11) is 1.21. The molecule has 0 aliphatic carbocycles. The van der Waals surface area contributed by atoms with Crippen LogP contribution in [0.3, 0.4) is 0 Å². The lowest BCUT2D eigenvalue weighted by Crippen LogP contribution is -2.41. The molecule has 14 heavy (non-hydrogen) atoms. The highest BCUT2D eigenvalue weighted by atomic mass is 16.5. The summed E-state index contributed by atoms with van der Waals surface area (Å²) in [5.74, 6) is -0.793. The van der Waals surface area contributed by atoms with Crippen molar-refractivity contribution in [3.05, 3.63) is 12.7 Å². The van der Waals surface area contributed by atoms with Crippen molar-refractivity contribution in [3.63, 3.8) is 0 Å². The minimum atomic E-state index is -0.967. The summed E-state index contributed by atoms with van der Waals surface area (Å²) in [6, 6.07) is -1.45. The lowest BCUT2D eigenvalue weighted by Gasteiger charge is -2.18. The molecular weight excluding hydrogens is 186 g/mol. The number of esters is 1. The summed E-state index contributed by atoms with van der Waals surface area (Å²) in [6.45, 7) is 3.66. The standard InChI is InChI=1S/C8H11N3O3/c1-3-4-11-5(7(12)14-2)6(9)10-8(11)13/h3,5H,1,4H2,2H3,(H2,9,10,13). The number of carbonyl (C=O) groups excluding carboxylic acids is 2. The maximum Gasteiger partial charge on any atom is 0.336 e. The SMILES string of the molecule is C=CCN1C(=O)NC(=N)C1C(=O)OC. The van der Waals surface area contributed by atoms with Crippen LogP contribution in [0, 0.1) is 5.41 Å². The van der Waals surface area contributed by atoms with Crippen molar-refractivity contribution < 1.29 is 14.3 Å². The highest BCUT2D eigenvalue weighted by molar-refractivity contribution is 6.15. The molecule has 0 spiro atoms. The van der Waals surface area contributed by atoms with E-state index in [1.165, 1.54) is 18.1 Å². The van der Waals surface area contributed by atoms with Crippen LogP contribution in [-0.4, -0.2) is 42.4 Å². The van der Waals surface area contributed by atoms with Crippen LogP contribution in [-0.2, 0) is 9.53 Å². The van der Waals surface area contributed by atoms with E-state index in [1.54, 1.807) is 0 Å². The van der Waals surface area contributed by atoms with Crippen LogP contribution in [0.2, 0.25) is 0 Å². The molecular formula is C8H11N3O3. The van der Waals surface area contributed by atoms with E-state index in [4.69, 9.17) is 5.41 Å². The van der Waals surface area contributed by atoms with Crippen LogP contribution in [0.25, 0.3) is 0 Å². The van der Waals surface area contributed by atoms with Gasteiger partial charge in [-0.3, -0.25) is 10.7 Å². The number of carbonyl (C=O) groups is 2. The zero-order chi connectivity index (χ0) is 10.7. The number of methoxy groups -OCH3 is 1. The molecule has 1 aliphatic rings. The molecule has 1 heterocycles. The number of hydrogen-bond donors (Lipinski definition) is 2. The number of nitrogens with one attached hydrogen (secondary N) is 2. The van der Waals surface area contributed by atoms with Gasteiger partial charge in [0.1, 0.15) is 5.84 Å². The lowest BCUT2D eigenvalue weighted by atomic mass is 10.2. The van der Waals surface area contributed by atoms with E-state index in [1.807, 2.05) is 0 Å². The Morgan fingerprint density at radius 3 is 3.00 bits per heavy atom. The van der Waals surface area contributed by atoms with Crippen molar-refractivity contribution in [2.75, 3.05) is 13.7 Å². The van der Waals surface area contributed by atoms with Crippen LogP contribution in [0.1, 0.15) is 0 Å². The van der Waals surface area contributed by atoms with Crippen LogP contribution < -0.4 is 5.32 Å². The second-order valence-electron chi connectivity index (χ2n) is 2.71. The van der Waals surface area contributed by atoms with Gasteiger partial charge in [0.25, 0.3) is 0 Å². The van der Waals surface area contributed by atoms with Crippen LogP contribution in [0.15, 0.2) is 12.7 Å². The van der Waals surface area contributed by atoms with Gasteiger partial charge in [-0.05, 0) is 0 Å². The maximum absolute atomic E-state index is 11.2. The normalized spacial score (nSPS) is 20.6. The van der Waals surface area contributed by atoms with Gasteiger partial charge in [0.05, 0.1) is 7.11 Å². The molecule has 1 saturated heterocycles. The van der Waals surface area contributed by atoms with Crippen molar-refractivity contribution in [1.29, 1.82) is 5.41 Å². The van der Waals surface area contributed by atoms with Gasteiger partial charge < -0.3 is 9.64 Å². The Bertz CT molecular complexity index is 300. The molecule has 0 saturated carbocycles. The van der Waals surface area contributed by atoms with Gasteiger partial charge in [-0.2, -0.15) is 0 Å². The number of rotatable bonds is 3. The molecule has 1 aliphatic heterocycles. The van der Waals surface area contributed by atoms with Crippen LogP contribution >= 0.6 is 0 Å². The van der Waals surface area contributed by atoms with E-state index < -0.39 is 18.0 Å². The van der Waals surface area contributed by atoms with Crippen molar-refractivity contribution in [3.8, 4) is 0 Å². The molecule has 0 aromatic carbocycles. The molecule has 6 nitrogen and oxygen atoms in total. The van der Waals surface area contributed by atoms with Crippen LogP contribution in [0.4, 0.5) is 4.79 Å². The highest BCUT2D eigenvalue weighted by Crippen LogP contribution is 2.09. The number of nitrogens with zero attached hydrogens (tertiary/aromatic N) is 1. The van der Waals surface area contributed by atoms with E-state index in [0.29, 0.717) is 0 Å². The van der Waals surface area contributed by atoms with Gasteiger partial charge in [0.2, 0.25) is 0 Å². The number of hydrogen-bond acceptors (Lipinski definition) is 4. The zero-order valence-electron chi connectivity index (χ0n) is 7.74. The predicted octanol–water partition coefficient (Wildman–Crippen LogP) is -0.284. The largest absolute Gasteiger partial charge is 0.467 e. The van der Waals surface area contributed by atoms with Crippen LogP contribution in [0.5, 0.6) is 0 Å². The van der Waals surface area contributed by atoms with Crippen molar-refractivity contribution in [2.45, 2.75) is 6.04 Å². The molecule has 1 fully saturated rings. The fourth-order valence-electron chi connectivity index (χ4n) is 1.21. The van der Waals surface area contributed by atoms with Crippen molar-refractivity contribution >= 4 is 17.8 Å². The molecule has 76 valence electrons. The molecule has 2 amide bonds. The van der Waals surface area contributed by atoms with Gasteiger partial charge in [0.15, 0.2) is 6.04 Å². The third-order valence-electron chi connectivity index (χ3n) is 1.84. The fourth-order valence-corrected chi connectivity index (χ4v) is 1.21. The van der Waals surface area contributed by atoms with Gasteiger partial charge in [0, 0.05) is 6.54 Å². The summed E-state index contributed by atoms with van der Waals surface area (Å²) in [5.41, 5.74) is 0. The monoisotopic (exact) mass is 197 g/mol. The summed E-state index contributed by atoms with van der Waals surface area (Å²) >= 11 is 0. The molecule has 6 heteroatoms. The Morgan fingerprint density at radius 2 is 2.50 bits per heavy atom. The molecule has 0 aromatic heterocycles. The Morgan fingerprint density at radius 1 is 1.86 bits per heavy atom. The highest BCUT2D eigenvalue weighted by Gasteiger charge is 2.40. The number of amidine groups is 1. The van der Waals surface area contributed by atoms with Gasteiger partial charge in [-0.25, -0.2) is 9.59 Å². The van der Waals surface area contributed by atoms with E-state index in [-0.39, 0.29) is 12.4 Å². The number of urea groups is 1. The van der Waals surface area contributed by atoms with E-state index >= 15 is 0 Å². The minimum Gasteiger partial charge on any atom is -0.467 e. The lowest BCUT2D eigenvalue weighted by molar-refractivity contribution is -0.142. The van der Waals surface area contributed by atoms with Crippen molar-refractivity contribution in [2.24, 2.45) is 0 Å². The smallest absolute Gasteiger partial charge is 0.336 e. The first kappa shape index (κ1) is 10.2. The topological polar surface area (TPSA) is 82.5 Å². The molecule has 0 aromatic rings. The first-order valence-electron chi connectivity index (χ1n) is 3.96. The fraction of sp³-hybridized carbons (Fsp3) is 0.375. The summed E-state index contributed by atoms with van der Waals surface area (Å²) in [4.78, 5) is 23.6. The average molecular weight is 197 g/mol. The second kappa shape index (κ2) is 3.91. The first-order valence-corrected chi connectivity index (χ1v) is 3.96. The zero-order valence-corrected chi connectivity index (χ0v) is 7.74. The summed E-state index contributed by atoms with van der Waals surface area (Å²) in [5, 5.41) is 9.61.